The van der Waals surface area contributed by atoms with Crippen molar-refractivity contribution in [3.8, 4) is 0 Å². The highest BCUT2D eigenvalue weighted by Crippen LogP contribution is 2.13. The van der Waals surface area contributed by atoms with Gasteiger partial charge in [0.15, 0.2) is 0 Å². The zero-order valence-corrected chi connectivity index (χ0v) is 8.33. The van der Waals surface area contributed by atoms with Crippen molar-refractivity contribution in [2.24, 2.45) is 0 Å². The molecule has 1 unspecified atom stereocenters. The SMILES string of the molecule is C=CCS(=O)(=O)N1CCCC(O)C1. The summed E-state index contributed by atoms with van der Waals surface area (Å²) in [6.07, 6.45) is 2.29. The largest absolute Gasteiger partial charge is 0.392 e. The third kappa shape index (κ3) is 2.79. The van der Waals surface area contributed by atoms with Crippen molar-refractivity contribution in [3.05, 3.63) is 12.7 Å². The lowest BCUT2D eigenvalue weighted by molar-refractivity contribution is 0.108. The number of nitrogens with zero attached hydrogens (tertiary/aromatic N) is 1. The lowest BCUT2D eigenvalue weighted by Gasteiger charge is -2.28. The van der Waals surface area contributed by atoms with Crippen molar-refractivity contribution < 1.29 is 13.5 Å². The summed E-state index contributed by atoms with van der Waals surface area (Å²) in [5, 5.41) is 9.28. The minimum atomic E-state index is -3.21. The maximum absolute atomic E-state index is 11.5. The van der Waals surface area contributed by atoms with Gasteiger partial charge in [0.25, 0.3) is 0 Å². The van der Waals surface area contributed by atoms with E-state index >= 15 is 0 Å². The van der Waals surface area contributed by atoms with E-state index in [0.717, 1.165) is 6.42 Å². The van der Waals surface area contributed by atoms with Crippen LogP contribution in [0.2, 0.25) is 0 Å². The Labute approximate surface area is 78.9 Å². The van der Waals surface area contributed by atoms with Crippen LogP contribution in [0.5, 0.6) is 0 Å². The van der Waals surface area contributed by atoms with Crippen LogP contribution >= 0.6 is 0 Å². The van der Waals surface area contributed by atoms with E-state index in [9.17, 15) is 13.5 Å². The first-order chi connectivity index (χ1) is 6.06. The van der Waals surface area contributed by atoms with Crippen LogP contribution in [0, 0.1) is 0 Å². The topological polar surface area (TPSA) is 57.6 Å². The Kier molecular flexibility index (Phi) is 3.47. The molecular formula is C8H15NO3S. The molecule has 0 amide bonds. The zero-order valence-electron chi connectivity index (χ0n) is 7.52. The summed E-state index contributed by atoms with van der Waals surface area (Å²) in [6.45, 7) is 4.14. The van der Waals surface area contributed by atoms with Gasteiger partial charge in [-0.3, -0.25) is 0 Å². The lowest BCUT2D eigenvalue weighted by atomic mass is 10.1. The number of aliphatic hydroxyl groups is 1. The van der Waals surface area contributed by atoms with Crippen LogP contribution in [0.1, 0.15) is 12.8 Å². The highest BCUT2D eigenvalue weighted by molar-refractivity contribution is 7.89. The molecule has 1 atom stereocenters. The molecule has 0 aromatic carbocycles. The summed E-state index contributed by atoms with van der Waals surface area (Å²) in [5.41, 5.74) is 0. The van der Waals surface area contributed by atoms with Gasteiger partial charge in [0, 0.05) is 13.1 Å². The first-order valence-corrected chi connectivity index (χ1v) is 5.94. The standard InChI is InChI=1S/C8H15NO3S/c1-2-6-13(11,12)9-5-3-4-8(10)7-9/h2,8,10H,1,3-7H2. The van der Waals surface area contributed by atoms with Gasteiger partial charge >= 0.3 is 0 Å². The van der Waals surface area contributed by atoms with Crippen LogP contribution in [-0.2, 0) is 10.0 Å². The van der Waals surface area contributed by atoms with Gasteiger partial charge in [-0.05, 0) is 12.8 Å². The molecule has 0 aromatic rings. The fourth-order valence-corrected chi connectivity index (χ4v) is 2.74. The predicted molar refractivity (Wildman–Crippen MR) is 50.8 cm³/mol. The maximum Gasteiger partial charge on any atom is 0.217 e. The van der Waals surface area contributed by atoms with E-state index < -0.39 is 16.1 Å². The minimum absolute atomic E-state index is 0.0419. The van der Waals surface area contributed by atoms with Crippen LogP contribution in [0.3, 0.4) is 0 Å². The fourth-order valence-electron chi connectivity index (χ4n) is 1.43. The number of sulfonamides is 1. The van der Waals surface area contributed by atoms with Crippen LogP contribution < -0.4 is 0 Å². The van der Waals surface area contributed by atoms with Crippen molar-refractivity contribution in [1.82, 2.24) is 4.31 Å². The Morgan fingerprint density at radius 3 is 2.85 bits per heavy atom. The third-order valence-corrected chi connectivity index (χ3v) is 3.86. The Morgan fingerprint density at radius 1 is 1.62 bits per heavy atom. The zero-order chi connectivity index (χ0) is 9.90. The monoisotopic (exact) mass is 205 g/mol. The Hall–Kier alpha value is -0.390. The summed E-state index contributed by atoms with van der Waals surface area (Å²) in [5.74, 6) is -0.0419. The second-order valence-corrected chi connectivity index (χ2v) is 5.23. The van der Waals surface area contributed by atoms with E-state index in [1.807, 2.05) is 0 Å². The summed E-state index contributed by atoms with van der Waals surface area (Å²) in [6, 6.07) is 0. The number of β-amino-alcohol motifs (C(OH)–C–C–N with tert-alkyl or cyclic N) is 1. The molecule has 0 spiro atoms. The average Bonchev–Trinajstić information content (AvgIpc) is 2.04. The third-order valence-electron chi connectivity index (χ3n) is 2.08. The van der Waals surface area contributed by atoms with Crippen molar-refractivity contribution >= 4 is 10.0 Å². The molecule has 0 saturated carbocycles. The van der Waals surface area contributed by atoms with Gasteiger partial charge in [0.05, 0.1) is 11.9 Å². The van der Waals surface area contributed by atoms with E-state index in [0.29, 0.717) is 13.0 Å². The van der Waals surface area contributed by atoms with Gasteiger partial charge in [0.2, 0.25) is 10.0 Å². The number of aliphatic hydroxyl groups excluding tert-OH is 1. The highest BCUT2D eigenvalue weighted by Gasteiger charge is 2.26. The van der Waals surface area contributed by atoms with E-state index in [-0.39, 0.29) is 12.3 Å². The molecule has 5 heteroatoms. The Balaban J connectivity index is 2.65. The van der Waals surface area contributed by atoms with Gasteiger partial charge in [-0.1, -0.05) is 6.08 Å². The van der Waals surface area contributed by atoms with Crippen LogP contribution in [0.25, 0.3) is 0 Å². The van der Waals surface area contributed by atoms with Crippen molar-refractivity contribution in [2.45, 2.75) is 18.9 Å². The molecule has 1 saturated heterocycles. The molecule has 4 nitrogen and oxygen atoms in total. The average molecular weight is 205 g/mol. The van der Waals surface area contributed by atoms with Gasteiger partial charge in [0.1, 0.15) is 0 Å². The molecule has 1 N–H and O–H groups in total. The summed E-state index contributed by atoms with van der Waals surface area (Å²) >= 11 is 0. The summed E-state index contributed by atoms with van der Waals surface area (Å²) in [7, 11) is -3.21. The molecule has 0 aromatic heterocycles. The van der Waals surface area contributed by atoms with Crippen LogP contribution in [0.4, 0.5) is 0 Å². The molecule has 1 aliphatic heterocycles. The summed E-state index contributed by atoms with van der Waals surface area (Å²) < 4.78 is 24.3. The second kappa shape index (κ2) is 4.21. The number of piperidine rings is 1. The van der Waals surface area contributed by atoms with Crippen LogP contribution in [0.15, 0.2) is 12.7 Å². The number of hydrogen-bond acceptors (Lipinski definition) is 3. The normalized spacial score (nSPS) is 25.8. The first kappa shape index (κ1) is 10.7. The molecule has 1 heterocycles. The second-order valence-electron chi connectivity index (χ2n) is 3.22. The highest BCUT2D eigenvalue weighted by atomic mass is 32.2. The fraction of sp³-hybridized carbons (Fsp3) is 0.750. The van der Waals surface area contributed by atoms with Crippen molar-refractivity contribution in [2.75, 3.05) is 18.8 Å². The smallest absolute Gasteiger partial charge is 0.217 e. The molecule has 0 aliphatic carbocycles. The van der Waals surface area contributed by atoms with Crippen molar-refractivity contribution in [1.29, 1.82) is 0 Å². The Morgan fingerprint density at radius 2 is 2.31 bits per heavy atom. The molecule has 0 radical (unpaired) electrons. The van der Waals surface area contributed by atoms with Gasteiger partial charge in [-0.25, -0.2) is 8.42 Å². The maximum atomic E-state index is 11.5. The molecule has 0 bridgehead atoms. The van der Waals surface area contributed by atoms with E-state index in [4.69, 9.17) is 0 Å². The quantitative estimate of drug-likeness (QED) is 0.658. The van der Waals surface area contributed by atoms with E-state index in [1.165, 1.54) is 10.4 Å². The molecule has 1 fully saturated rings. The Bertz CT molecular complexity index is 273. The predicted octanol–water partition coefficient (Wildman–Crippen LogP) is -0.0411. The number of rotatable bonds is 3. The van der Waals surface area contributed by atoms with Gasteiger partial charge < -0.3 is 5.11 Å². The minimum Gasteiger partial charge on any atom is -0.392 e. The number of hydrogen-bond donors (Lipinski definition) is 1. The van der Waals surface area contributed by atoms with Gasteiger partial charge in [-0.15, -0.1) is 6.58 Å². The van der Waals surface area contributed by atoms with Crippen molar-refractivity contribution in [3.63, 3.8) is 0 Å². The molecule has 1 aliphatic rings. The molecule has 13 heavy (non-hydrogen) atoms. The molecule has 1 rings (SSSR count). The van der Waals surface area contributed by atoms with E-state index in [1.54, 1.807) is 0 Å². The molecular weight excluding hydrogens is 190 g/mol. The first-order valence-electron chi connectivity index (χ1n) is 4.33. The molecule has 76 valence electrons. The lowest BCUT2D eigenvalue weighted by Crippen LogP contribution is -2.42. The summed E-state index contributed by atoms with van der Waals surface area (Å²) in [4.78, 5) is 0. The van der Waals surface area contributed by atoms with E-state index in [2.05, 4.69) is 6.58 Å². The van der Waals surface area contributed by atoms with Crippen LogP contribution in [-0.4, -0.2) is 42.8 Å². The van der Waals surface area contributed by atoms with Gasteiger partial charge in [-0.2, -0.15) is 4.31 Å².